The Morgan fingerprint density at radius 1 is 0.974 bits per heavy atom. The zero-order chi connectivity index (χ0) is 26.7. The van der Waals surface area contributed by atoms with Crippen molar-refractivity contribution >= 4 is 16.8 Å². The summed E-state index contributed by atoms with van der Waals surface area (Å²) in [6, 6.07) is 26.6. The fourth-order valence-electron chi connectivity index (χ4n) is 5.83. The van der Waals surface area contributed by atoms with Gasteiger partial charge in [-0.15, -0.1) is 0 Å². The number of nitrogens with zero attached hydrogens (tertiary/aromatic N) is 2. The van der Waals surface area contributed by atoms with Crippen molar-refractivity contribution in [2.24, 2.45) is 5.92 Å². The van der Waals surface area contributed by atoms with Crippen LogP contribution in [0.1, 0.15) is 48.2 Å². The number of aromatic nitrogens is 1. The minimum absolute atomic E-state index is 0.421. The van der Waals surface area contributed by atoms with Gasteiger partial charge in [-0.1, -0.05) is 60.7 Å². The van der Waals surface area contributed by atoms with Crippen LogP contribution in [0.4, 0.5) is 4.39 Å². The first kappa shape index (κ1) is 26.1. The van der Waals surface area contributed by atoms with Crippen molar-refractivity contribution in [3.8, 4) is 11.3 Å². The summed E-state index contributed by atoms with van der Waals surface area (Å²) < 4.78 is 16.7. The van der Waals surface area contributed by atoms with Crippen LogP contribution in [0.25, 0.3) is 22.2 Å². The van der Waals surface area contributed by atoms with Gasteiger partial charge in [0.15, 0.2) is 0 Å². The zero-order valence-electron chi connectivity index (χ0n) is 22.2. The molecule has 2 N–H and O–H groups in total. The van der Waals surface area contributed by atoms with Gasteiger partial charge in [0.1, 0.15) is 5.67 Å². The highest BCUT2D eigenvalue weighted by atomic mass is 19.1. The van der Waals surface area contributed by atoms with Crippen LogP contribution < -0.4 is 5.48 Å². The number of halogens is 1. The first-order chi connectivity index (χ1) is 18.3. The second kappa shape index (κ2) is 11.1. The summed E-state index contributed by atoms with van der Waals surface area (Å²) in [4.78, 5) is 14.1. The summed E-state index contributed by atoms with van der Waals surface area (Å²) in [6.07, 6.45) is 2.84. The molecular weight excluding hydrogens is 477 g/mol. The lowest BCUT2D eigenvalue weighted by molar-refractivity contribution is 0.0706. The van der Waals surface area contributed by atoms with Crippen molar-refractivity contribution in [3.05, 3.63) is 95.6 Å². The van der Waals surface area contributed by atoms with Crippen molar-refractivity contribution in [3.63, 3.8) is 0 Å². The van der Waals surface area contributed by atoms with Gasteiger partial charge in [0, 0.05) is 36.0 Å². The molecule has 1 aromatic heterocycles. The number of hydrogen-bond acceptors (Lipinski definition) is 3. The molecule has 198 valence electrons. The largest absolute Gasteiger partial charge is 0.340 e. The third-order valence-electron chi connectivity index (χ3n) is 7.57. The molecule has 5 rings (SSSR count). The van der Waals surface area contributed by atoms with Crippen molar-refractivity contribution in [1.82, 2.24) is 14.9 Å². The average Bonchev–Trinajstić information content (AvgIpc) is 3.22. The van der Waals surface area contributed by atoms with Gasteiger partial charge in [-0.2, -0.15) is 0 Å². The van der Waals surface area contributed by atoms with Crippen LogP contribution in [0.5, 0.6) is 0 Å². The second-order valence-corrected chi connectivity index (χ2v) is 11.1. The SMILES string of the molecule is CC(C)(F)CN1CCC(Cn2c(-c3ccccc3)c(Cc3ccc(C(=O)NO)cc3)c3ccccc32)CC1. The monoisotopic (exact) mass is 513 g/mol. The minimum atomic E-state index is -1.17. The Balaban J connectivity index is 1.50. The first-order valence-electron chi connectivity index (χ1n) is 13.4. The standard InChI is InChI=1S/C32H36FN3O2/c1-32(2,33)22-35-18-16-24(17-19-35)21-36-29-11-7-6-10-27(29)28(30(36)25-8-4-3-5-9-25)20-23-12-14-26(15-13-23)31(37)34-38/h3-15,24,38H,16-22H2,1-2H3,(H,34,37). The van der Waals surface area contributed by atoms with Crippen LogP contribution in [0.15, 0.2) is 78.9 Å². The number of benzene rings is 3. The number of para-hydroxylation sites is 1. The van der Waals surface area contributed by atoms with Gasteiger partial charge < -0.3 is 9.47 Å². The summed E-state index contributed by atoms with van der Waals surface area (Å²) in [5.74, 6) is 0.00984. The molecule has 1 aliphatic rings. The topological polar surface area (TPSA) is 57.5 Å². The summed E-state index contributed by atoms with van der Waals surface area (Å²) >= 11 is 0. The van der Waals surface area contributed by atoms with Crippen molar-refractivity contribution in [2.75, 3.05) is 19.6 Å². The Morgan fingerprint density at radius 2 is 1.63 bits per heavy atom. The number of hydroxylamine groups is 1. The number of fused-ring (bicyclic) bond motifs is 1. The number of likely N-dealkylation sites (tertiary alicyclic amines) is 1. The number of hydrogen-bond donors (Lipinski definition) is 2. The van der Waals surface area contributed by atoms with Crippen LogP contribution in [0.2, 0.25) is 0 Å². The van der Waals surface area contributed by atoms with Gasteiger partial charge in [-0.25, -0.2) is 9.87 Å². The maximum absolute atomic E-state index is 14.2. The second-order valence-electron chi connectivity index (χ2n) is 11.1. The van der Waals surface area contributed by atoms with Gasteiger partial charge in [-0.3, -0.25) is 10.0 Å². The molecule has 0 atom stereocenters. The third kappa shape index (κ3) is 5.82. The van der Waals surface area contributed by atoms with E-state index in [1.54, 1.807) is 31.5 Å². The Kier molecular flexibility index (Phi) is 7.63. The van der Waals surface area contributed by atoms with Crippen molar-refractivity contribution in [2.45, 2.75) is 45.3 Å². The van der Waals surface area contributed by atoms with Crippen LogP contribution in [0.3, 0.4) is 0 Å². The summed E-state index contributed by atoms with van der Waals surface area (Å²) in [6.45, 7) is 6.59. The Hall–Kier alpha value is -3.48. The Bertz CT molecular complexity index is 1380. The molecule has 4 aromatic rings. The highest BCUT2D eigenvalue weighted by Crippen LogP contribution is 2.37. The lowest BCUT2D eigenvalue weighted by atomic mass is 9.95. The average molecular weight is 514 g/mol. The lowest BCUT2D eigenvalue weighted by Gasteiger charge is -2.35. The van der Waals surface area contributed by atoms with Gasteiger partial charge >= 0.3 is 0 Å². The molecule has 0 bridgehead atoms. The van der Waals surface area contributed by atoms with Crippen molar-refractivity contribution in [1.29, 1.82) is 0 Å². The summed E-state index contributed by atoms with van der Waals surface area (Å²) in [5.41, 5.74) is 6.96. The highest BCUT2D eigenvalue weighted by Gasteiger charge is 2.27. The molecule has 1 amide bonds. The molecule has 1 saturated heterocycles. The fraction of sp³-hybridized carbons (Fsp3) is 0.344. The first-order valence-corrected chi connectivity index (χ1v) is 13.4. The summed E-state index contributed by atoms with van der Waals surface area (Å²) in [5, 5.41) is 10.2. The van der Waals surface area contributed by atoms with Gasteiger partial charge in [-0.05, 0) is 80.6 Å². The molecule has 0 radical (unpaired) electrons. The number of carbonyl (C=O) groups excluding carboxylic acids is 1. The van der Waals surface area contributed by atoms with E-state index in [0.717, 1.165) is 44.5 Å². The predicted molar refractivity (Wildman–Crippen MR) is 150 cm³/mol. The van der Waals surface area contributed by atoms with Gasteiger partial charge in [0.2, 0.25) is 0 Å². The van der Waals surface area contributed by atoms with E-state index in [2.05, 4.69) is 58.0 Å². The zero-order valence-corrected chi connectivity index (χ0v) is 22.2. The Labute approximate surface area is 223 Å². The number of carbonyl (C=O) groups is 1. The predicted octanol–water partition coefficient (Wildman–Crippen LogP) is 6.48. The maximum Gasteiger partial charge on any atom is 0.274 e. The number of nitrogens with one attached hydrogen (secondary N) is 1. The van der Waals surface area contributed by atoms with Crippen LogP contribution in [0, 0.1) is 5.92 Å². The number of rotatable bonds is 8. The molecule has 38 heavy (non-hydrogen) atoms. The van der Waals surface area contributed by atoms with Crippen LogP contribution in [-0.2, 0) is 13.0 Å². The highest BCUT2D eigenvalue weighted by molar-refractivity contribution is 5.94. The van der Waals surface area contributed by atoms with Crippen LogP contribution in [-0.4, -0.2) is 45.9 Å². The van der Waals surface area contributed by atoms with Crippen molar-refractivity contribution < 1.29 is 14.4 Å². The molecule has 1 fully saturated rings. The molecule has 0 aliphatic carbocycles. The van der Waals surface area contributed by atoms with E-state index < -0.39 is 11.6 Å². The molecule has 0 spiro atoms. The van der Waals surface area contributed by atoms with Gasteiger partial charge in [0.05, 0.1) is 5.69 Å². The van der Waals surface area contributed by atoms with E-state index in [1.165, 1.54) is 27.7 Å². The van der Waals surface area contributed by atoms with E-state index in [0.29, 0.717) is 18.0 Å². The van der Waals surface area contributed by atoms with E-state index in [1.807, 2.05) is 18.2 Å². The smallest absolute Gasteiger partial charge is 0.274 e. The molecular formula is C32H36FN3O2. The third-order valence-corrected chi connectivity index (χ3v) is 7.57. The number of piperidine rings is 1. The fourth-order valence-corrected chi connectivity index (χ4v) is 5.83. The maximum atomic E-state index is 14.2. The minimum Gasteiger partial charge on any atom is -0.340 e. The van der Waals surface area contributed by atoms with E-state index in [4.69, 9.17) is 5.21 Å². The molecule has 1 aliphatic heterocycles. The Morgan fingerprint density at radius 3 is 2.29 bits per heavy atom. The van der Waals surface area contributed by atoms with Crippen LogP contribution >= 0.6 is 0 Å². The van der Waals surface area contributed by atoms with E-state index in [9.17, 15) is 9.18 Å². The molecule has 6 heteroatoms. The molecule has 0 saturated carbocycles. The molecule has 2 heterocycles. The lowest BCUT2D eigenvalue weighted by Crippen LogP contribution is -2.41. The normalized spacial score (nSPS) is 15.2. The molecule has 0 unspecified atom stereocenters. The molecule has 5 nitrogen and oxygen atoms in total. The molecule has 3 aromatic carbocycles. The van der Waals surface area contributed by atoms with E-state index in [-0.39, 0.29) is 0 Å². The quantitative estimate of drug-likeness (QED) is 0.209. The summed E-state index contributed by atoms with van der Waals surface area (Å²) in [7, 11) is 0. The van der Waals surface area contributed by atoms with Gasteiger partial charge in [0.25, 0.3) is 5.91 Å². The number of alkyl halides is 1. The number of amides is 1. The van der Waals surface area contributed by atoms with E-state index >= 15 is 0 Å².